The van der Waals surface area contributed by atoms with Crippen LogP contribution < -0.4 is 11.1 Å². The van der Waals surface area contributed by atoms with Crippen LogP contribution >= 0.6 is 0 Å². The van der Waals surface area contributed by atoms with E-state index in [0.717, 1.165) is 0 Å². The summed E-state index contributed by atoms with van der Waals surface area (Å²) in [5.41, 5.74) is 0.331. The zero-order chi connectivity index (χ0) is 18.4. The molecule has 3 aromatic rings. The van der Waals surface area contributed by atoms with E-state index in [9.17, 15) is 14.7 Å². The molecule has 25 heavy (non-hydrogen) atoms. The Kier molecular flexibility index (Phi) is 4.04. The van der Waals surface area contributed by atoms with Gasteiger partial charge in [-0.05, 0) is 39.0 Å². The van der Waals surface area contributed by atoms with Gasteiger partial charge in [0.15, 0.2) is 5.58 Å². The average molecular weight is 344 g/mol. The van der Waals surface area contributed by atoms with Crippen LogP contribution in [0.2, 0.25) is 0 Å². The van der Waals surface area contributed by atoms with Crippen molar-refractivity contribution in [3.8, 4) is 0 Å². The summed E-state index contributed by atoms with van der Waals surface area (Å²) in [6.45, 7) is 5.15. The molecule has 0 aliphatic heterocycles. The molecule has 3 rings (SSSR count). The van der Waals surface area contributed by atoms with E-state index in [1.165, 1.54) is 4.57 Å². The van der Waals surface area contributed by atoms with Gasteiger partial charge in [0.2, 0.25) is 0 Å². The SMILES string of the molecule is Cc1cc(C(C)(O)CNC(=O)c2cccc3c2oc(=O)n3C)c(C)o1. The summed E-state index contributed by atoms with van der Waals surface area (Å²) in [6.07, 6.45) is 0. The van der Waals surface area contributed by atoms with Gasteiger partial charge >= 0.3 is 5.76 Å². The fraction of sp³-hybridized carbons (Fsp3) is 0.333. The van der Waals surface area contributed by atoms with Gasteiger partial charge < -0.3 is 19.3 Å². The second-order valence-corrected chi connectivity index (χ2v) is 6.36. The number of nitrogens with zero attached hydrogens (tertiary/aromatic N) is 1. The minimum atomic E-state index is -1.29. The van der Waals surface area contributed by atoms with Crippen molar-refractivity contribution in [3.63, 3.8) is 0 Å². The molecule has 132 valence electrons. The Labute approximate surface area is 143 Å². The third kappa shape index (κ3) is 2.98. The first-order chi connectivity index (χ1) is 11.7. The highest BCUT2D eigenvalue weighted by Gasteiger charge is 2.29. The number of hydrogen-bond donors (Lipinski definition) is 2. The van der Waals surface area contributed by atoms with Gasteiger partial charge in [-0.25, -0.2) is 4.79 Å². The number of hydrogen-bond acceptors (Lipinski definition) is 5. The van der Waals surface area contributed by atoms with E-state index in [4.69, 9.17) is 8.83 Å². The Bertz CT molecular complexity index is 1010. The standard InChI is InChI=1S/C18H20N2O5/c1-10-8-13(11(2)24-10)18(3,23)9-19-16(21)12-6-5-7-14-15(12)25-17(22)20(14)4/h5-8,23H,9H2,1-4H3,(H,19,21). The number of fused-ring (bicyclic) bond motifs is 1. The molecule has 1 aromatic carbocycles. The lowest BCUT2D eigenvalue weighted by molar-refractivity contribution is 0.0514. The Hall–Kier alpha value is -2.80. The summed E-state index contributed by atoms with van der Waals surface area (Å²) < 4.78 is 11.9. The van der Waals surface area contributed by atoms with Gasteiger partial charge in [-0.2, -0.15) is 0 Å². The Morgan fingerprint density at radius 1 is 1.32 bits per heavy atom. The van der Waals surface area contributed by atoms with Crippen molar-refractivity contribution in [1.29, 1.82) is 0 Å². The maximum Gasteiger partial charge on any atom is 0.419 e. The third-order valence-corrected chi connectivity index (χ3v) is 4.28. The summed E-state index contributed by atoms with van der Waals surface area (Å²) in [7, 11) is 1.57. The van der Waals surface area contributed by atoms with Crippen molar-refractivity contribution in [2.24, 2.45) is 7.05 Å². The van der Waals surface area contributed by atoms with Crippen molar-refractivity contribution in [2.75, 3.05) is 6.54 Å². The van der Waals surface area contributed by atoms with Crippen LogP contribution in [0.25, 0.3) is 11.1 Å². The number of carbonyl (C=O) groups excluding carboxylic acids is 1. The van der Waals surface area contributed by atoms with Crippen LogP contribution in [0.15, 0.2) is 37.9 Å². The molecule has 0 aliphatic rings. The quantitative estimate of drug-likeness (QED) is 0.754. The van der Waals surface area contributed by atoms with Crippen molar-refractivity contribution in [1.82, 2.24) is 9.88 Å². The van der Waals surface area contributed by atoms with Crippen LogP contribution in [0, 0.1) is 13.8 Å². The lowest BCUT2D eigenvalue weighted by Crippen LogP contribution is -2.38. The smallest absolute Gasteiger partial charge is 0.419 e. The van der Waals surface area contributed by atoms with Crippen LogP contribution in [0.4, 0.5) is 0 Å². The second kappa shape index (κ2) is 5.93. The first kappa shape index (κ1) is 17.0. The van der Waals surface area contributed by atoms with Crippen molar-refractivity contribution >= 4 is 17.0 Å². The molecule has 0 saturated carbocycles. The van der Waals surface area contributed by atoms with E-state index in [2.05, 4.69) is 5.32 Å². The summed E-state index contributed by atoms with van der Waals surface area (Å²) in [5, 5.41) is 13.4. The van der Waals surface area contributed by atoms with Crippen LogP contribution in [0.5, 0.6) is 0 Å². The van der Waals surface area contributed by atoms with Crippen LogP contribution in [-0.2, 0) is 12.6 Å². The molecule has 0 bridgehead atoms. The topological polar surface area (TPSA) is 97.6 Å². The molecule has 1 amide bonds. The minimum absolute atomic E-state index is 0.0148. The zero-order valence-electron chi connectivity index (χ0n) is 14.5. The number of rotatable bonds is 4. The van der Waals surface area contributed by atoms with Crippen molar-refractivity contribution in [3.05, 3.63) is 57.5 Å². The number of para-hydroxylation sites is 1. The van der Waals surface area contributed by atoms with Gasteiger partial charge in [-0.15, -0.1) is 0 Å². The number of amides is 1. The first-order valence-corrected chi connectivity index (χ1v) is 7.87. The molecule has 2 N–H and O–H groups in total. The zero-order valence-corrected chi connectivity index (χ0v) is 14.5. The predicted octanol–water partition coefficient (Wildman–Crippen LogP) is 1.98. The maximum absolute atomic E-state index is 12.5. The summed E-state index contributed by atoms with van der Waals surface area (Å²) in [4.78, 5) is 24.2. The van der Waals surface area contributed by atoms with E-state index in [1.807, 2.05) is 0 Å². The van der Waals surface area contributed by atoms with Gasteiger partial charge in [-0.3, -0.25) is 9.36 Å². The summed E-state index contributed by atoms with van der Waals surface area (Å²) in [6, 6.07) is 6.69. The summed E-state index contributed by atoms with van der Waals surface area (Å²) in [5.74, 6) is 0.327. The number of aryl methyl sites for hydroxylation is 3. The molecular formula is C18H20N2O5. The van der Waals surface area contributed by atoms with Gasteiger partial charge in [0.05, 0.1) is 17.6 Å². The van der Waals surface area contributed by atoms with Gasteiger partial charge in [0.1, 0.15) is 17.1 Å². The van der Waals surface area contributed by atoms with Crippen LogP contribution in [-0.4, -0.2) is 22.1 Å². The molecule has 7 heteroatoms. The lowest BCUT2D eigenvalue weighted by atomic mass is 9.96. The molecule has 0 spiro atoms. The number of nitrogens with one attached hydrogen (secondary N) is 1. The number of furan rings is 1. The number of benzene rings is 1. The minimum Gasteiger partial charge on any atom is -0.466 e. The predicted molar refractivity (Wildman–Crippen MR) is 91.5 cm³/mol. The number of aliphatic hydroxyl groups is 1. The van der Waals surface area contributed by atoms with E-state index in [-0.39, 0.29) is 17.7 Å². The molecule has 2 heterocycles. The van der Waals surface area contributed by atoms with E-state index >= 15 is 0 Å². The molecule has 0 radical (unpaired) electrons. The van der Waals surface area contributed by atoms with Gasteiger partial charge in [0, 0.05) is 12.6 Å². The number of carbonyl (C=O) groups is 1. The molecule has 2 aromatic heterocycles. The molecule has 7 nitrogen and oxygen atoms in total. The number of aromatic nitrogens is 1. The summed E-state index contributed by atoms with van der Waals surface area (Å²) >= 11 is 0. The highest BCUT2D eigenvalue weighted by atomic mass is 16.4. The molecule has 0 saturated heterocycles. The van der Waals surface area contributed by atoms with Gasteiger partial charge in [-0.1, -0.05) is 6.07 Å². The largest absolute Gasteiger partial charge is 0.466 e. The molecular weight excluding hydrogens is 324 g/mol. The highest BCUT2D eigenvalue weighted by Crippen LogP contribution is 2.26. The van der Waals surface area contributed by atoms with E-state index in [0.29, 0.717) is 22.6 Å². The Balaban J connectivity index is 1.85. The lowest BCUT2D eigenvalue weighted by Gasteiger charge is -2.23. The molecule has 1 atom stereocenters. The van der Waals surface area contributed by atoms with E-state index < -0.39 is 17.3 Å². The van der Waals surface area contributed by atoms with Crippen LogP contribution in [0.3, 0.4) is 0 Å². The molecule has 0 aliphatic carbocycles. The maximum atomic E-state index is 12.5. The van der Waals surface area contributed by atoms with Gasteiger partial charge in [0.25, 0.3) is 5.91 Å². The number of oxazole rings is 1. The highest BCUT2D eigenvalue weighted by molar-refractivity contribution is 6.04. The Morgan fingerprint density at radius 2 is 2.04 bits per heavy atom. The third-order valence-electron chi connectivity index (χ3n) is 4.28. The fourth-order valence-electron chi connectivity index (χ4n) is 2.94. The Morgan fingerprint density at radius 3 is 2.68 bits per heavy atom. The monoisotopic (exact) mass is 344 g/mol. The molecule has 0 fully saturated rings. The first-order valence-electron chi connectivity index (χ1n) is 7.87. The normalized spacial score (nSPS) is 13.8. The van der Waals surface area contributed by atoms with Crippen molar-refractivity contribution < 1.29 is 18.7 Å². The van der Waals surface area contributed by atoms with Crippen molar-refractivity contribution in [2.45, 2.75) is 26.4 Å². The second-order valence-electron chi connectivity index (χ2n) is 6.36. The fourth-order valence-corrected chi connectivity index (χ4v) is 2.94. The molecule has 1 unspecified atom stereocenters. The van der Waals surface area contributed by atoms with Crippen LogP contribution in [0.1, 0.15) is 34.4 Å². The average Bonchev–Trinajstić information content (AvgIpc) is 3.05. The van der Waals surface area contributed by atoms with E-state index in [1.54, 1.807) is 52.1 Å².